The van der Waals surface area contributed by atoms with Gasteiger partial charge in [0, 0.05) is 103 Å². The lowest BCUT2D eigenvalue weighted by atomic mass is 9.96. The first-order valence-electron chi connectivity index (χ1n) is 39.5. The molecule has 6 aromatic rings. The van der Waals surface area contributed by atoms with E-state index in [1.807, 2.05) is 83.8 Å². The quantitative estimate of drug-likeness (QED) is 0.0111. The number of aliphatic hydroxyl groups is 10. The van der Waals surface area contributed by atoms with Gasteiger partial charge < -0.3 is 87.2 Å². The molecule has 0 radical (unpaired) electrons. The highest BCUT2D eigenvalue weighted by Gasteiger charge is 2.50. The molecule has 4 fully saturated rings. The number of rotatable bonds is 48. The Hall–Kier alpha value is -6.20. The molecular weight excluding hydrogens is 1590 g/mol. The van der Waals surface area contributed by atoms with Gasteiger partial charge in [0.1, 0.15) is 65.3 Å². The summed E-state index contributed by atoms with van der Waals surface area (Å²) in [5.74, 6) is 0.971. The monoisotopic (exact) mass is 1700 g/mol. The van der Waals surface area contributed by atoms with Crippen LogP contribution in [-0.4, -0.2) is 199 Å². The third-order valence-corrected chi connectivity index (χ3v) is 25.7. The van der Waals surface area contributed by atoms with Crippen molar-refractivity contribution in [3.8, 4) is 33.8 Å². The number of sulfonamides is 2. The molecule has 0 spiro atoms. The molecule has 4 saturated carbocycles. The fourth-order valence-corrected chi connectivity index (χ4v) is 16.7. The van der Waals surface area contributed by atoms with Gasteiger partial charge in [0.05, 0.1) is 77.2 Å². The average molecular weight is 1700 g/mol. The number of carbonyl (C=O) groups is 3. The number of ketones is 2. The molecule has 0 saturated heterocycles. The van der Waals surface area contributed by atoms with Crippen molar-refractivity contribution in [1.82, 2.24) is 13.6 Å². The third-order valence-electron chi connectivity index (χ3n) is 21.0. The van der Waals surface area contributed by atoms with E-state index in [2.05, 4.69) is 4.98 Å². The fourth-order valence-electron chi connectivity index (χ4n) is 13.3. The molecule has 10 N–H and O–H groups in total. The van der Waals surface area contributed by atoms with Crippen molar-refractivity contribution < 1.29 is 123 Å². The molecule has 4 aliphatic rings. The van der Waals surface area contributed by atoms with Crippen LogP contribution in [0.1, 0.15) is 185 Å². The number of carbonyl (C=O) groups excluding carboxylic acids is 3. The van der Waals surface area contributed by atoms with Gasteiger partial charge in [-0.25, -0.2) is 16.8 Å². The van der Waals surface area contributed by atoms with Crippen LogP contribution >= 0.6 is 23.2 Å². The summed E-state index contributed by atoms with van der Waals surface area (Å²) in [4.78, 5) is 42.0. The topological polar surface area (TPSA) is 391 Å². The van der Waals surface area contributed by atoms with Gasteiger partial charge in [-0.2, -0.15) is 13.2 Å². The first-order chi connectivity index (χ1) is 54.3. The molecule has 4 aromatic carbocycles. The van der Waals surface area contributed by atoms with Gasteiger partial charge in [0.2, 0.25) is 20.0 Å². The number of para-hydroxylation sites is 2. The Labute approximate surface area is 690 Å². The van der Waals surface area contributed by atoms with Crippen LogP contribution in [0.15, 0.2) is 132 Å². The van der Waals surface area contributed by atoms with E-state index in [-0.39, 0.29) is 137 Å². The SMILES string of the molecule is CCN(CCCCCC(=O)CC[C@H](O)[C@@H](O)[C@H](O)[C@H](O)CO)S(=O)(=O)c1ccc(Cl)c(COC2(c3c[n+](COC(=O)C(C)(C)C)ccc3-c3ccccc3OC3CC3)CC2)c1.CCN(CCCCCC(=O)CC[C@H](O)[C@@H](O)[C@H](O)[C@H](O)CO)S(=O)(=O)c1ccc(Cl)c(COC2(c3cnccc3-c3ccccc3OC3CC3)CC2)c1.[Cl-]. The number of aliphatic hydroxyl groups excluding tert-OH is 10. The molecule has 115 heavy (non-hydrogen) atoms. The second-order valence-corrected chi connectivity index (χ2v) is 35.8. The Morgan fingerprint density at radius 2 is 0.965 bits per heavy atom. The Bertz CT molecular complexity index is 4410. The van der Waals surface area contributed by atoms with E-state index in [0.717, 1.165) is 83.4 Å². The highest BCUT2D eigenvalue weighted by atomic mass is 35.5. The predicted molar refractivity (Wildman–Crippen MR) is 425 cm³/mol. The van der Waals surface area contributed by atoms with Gasteiger partial charge in [-0.1, -0.05) is 86.3 Å². The third kappa shape index (κ3) is 26.2. The standard InChI is InChI=1S/C45H62ClN2O12S.C39H51ClN2O10S.ClH/c1-5-48(23-10-6-7-11-31(50)14-19-38(51)41(53)42(54)39(52)27-49)61(56,57)33-17-18-37(46)30(25-33)28-59-45(21-22-45)36-26-47(29-58-43(55)44(2,3)4)24-20-34(36)35-12-8-9-13-40(35)60-32-15-16-32;1-2-42(21-7-3-4-8-27(44)11-16-34(45)37(47)38(48)35(46)24-43)53(49,50)29-14-15-33(40)26(22-29)25-51-39(18-19-39)32-23-41-20-17-30(32)31-9-5-6-10-36(31)52-28-12-13-28;/h8-9,12-13,17-18,20,24-26,32,38-39,41-42,49,51-54H,5-7,10-11,14-16,19,21-23,27-29H2,1-4H3;5-6,9-10,14-15,17,20,22-23,28,34-35,37-38,43,45-48H,2-4,7-8,11-13,16,18-19,21,24-25H2,1H3;1H/q+1;;/p-1/t38-,39+,41+,42+;34-,35+,37+,38+;/m00./s1. The van der Waals surface area contributed by atoms with Crippen LogP contribution in [0, 0.1) is 5.41 Å². The van der Waals surface area contributed by atoms with Gasteiger partial charge in [0.15, 0.2) is 12.4 Å². The van der Waals surface area contributed by atoms with E-state index in [4.69, 9.17) is 57.1 Å². The summed E-state index contributed by atoms with van der Waals surface area (Å²) in [5, 5.41) is 97.1. The molecule has 0 bridgehead atoms. The first-order valence-corrected chi connectivity index (χ1v) is 43.2. The second kappa shape index (κ2) is 43.2. The maximum absolute atomic E-state index is 13.9. The molecule has 4 aliphatic carbocycles. The summed E-state index contributed by atoms with van der Waals surface area (Å²) in [5.41, 5.74) is 4.76. The number of aromatic nitrogens is 2. The number of esters is 1. The predicted octanol–water partition coefficient (Wildman–Crippen LogP) is 6.45. The zero-order chi connectivity index (χ0) is 82.7. The number of nitrogens with zero attached hydrogens (tertiary/aromatic N) is 4. The van der Waals surface area contributed by atoms with Crippen LogP contribution in [0.4, 0.5) is 0 Å². The van der Waals surface area contributed by atoms with Crippen molar-refractivity contribution in [3.05, 3.63) is 154 Å². The lowest BCUT2D eigenvalue weighted by Crippen LogP contribution is -3.00. The maximum Gasteiger partial charge on any atom is 0.316 e. The molecular formula is C84H113Cl3N4O22S2. The van der Waals surface area contributed by atoms with Crippen LogP contribution in [0.2, 0.25) is 10.0 Å². The van der Waals surface area contributed by atoms with Crippen LogP contribution in [0.5, 0.6) is 11.5 Å². The maximum atomic E-state index is 13.9. The molecule has 31 heteroatoms. The van der Waals surface area contributed by atoms with Crippen molar-refractivity contribution in [2.45, 2.75) is 265 Å². The highest BCUT2D eigenvalue weighted by Crippen LogP contribution is 2.55. The number of Topliss-reactive ketones (excluding diaryl/α,β-unsaturated/α-hetero) is 2. The number of hydrogen-bond acceptors (Lipinski definition) is 23. The summed E-state index contributed by atoms with van der Waals surface area (Å²) in [6.45, 7) is 8.50. The van der Waals surface area contributed by atoms with Gasteiger partial charge in [-0.15, -0.1) is 0 Å². The largest absolute Gasteiger partial charge is 1.00 e. The zero-order valence-electron chi connectivity index (χ0n) is 65.9. The summed E-state index contributed by atoms with van der Waals surface area (Å²) in [6.07, 6.45) is 5.21. The zero-order valence-corrected chi connectivity index (χ0v) is 69.8. The number of hydrogen-bond donors (Lipinski definition) is 10. The second-order valence-electron chi connectivity index (χ2n) is 31.1. The van der Waals surface area contributed by atoms with E-state index >= 15 is 0 Å². The molecule has 2 aromatic heterocycles. The molecule has 2 heterocycles. The van der Waals surface area contributed by atoms with Crippen molar-refractivity contribution in [3.63, 3.8) is 0 Å². The molecule has 10 rings (SSSR count). The van der Waals surface area contributed by atoms with Gasteiger partial charge in [0.25, 0.3) is 6.73 Å². The normalized spacial score (nSPS) is 17.2. The van der Waals surface area contributed by atoms with Crippen molar-refractivity contribution in [2.75, 3.05) is 39.4 Å². The molecule has 26 nitrogen and oxygen atoms in total. The van der Waals surface area contributed by atoms with Crippen molar-refractivity contribution >= 4 is 60.8 Å². The average Bonchev–Trinajstić information content (AvgIpc) is 1.60. The Balaban J connectivity index is 0.000000288. The highest BCUT2D eigenvalue weighted by molar-refractivity contribution is 7.89. The number of benzene rings is 4. The number of halogens is 3. The first kappa shape index (κ1) is 94.3. The van der Waals surface area contributed by atoms with Crippen LogP contribution < -0.4 is 26.4 Å². The number of unbranched alkanes of at least 4 members (excludes halogenated alkanes) is 4. The smallest absolute Gasteiger partial charge is 0.316 e. The van der Waals surface area contributed by atoms with Crippen molar-refractivity contribution in [2.24, 2.45) is 5.41 Å². The Kier molecular flexibility index (Phi) is 35.4. The summed E-state index contributed by atoms with van der Waals surface area (Å²) in [6, 6.07) is 29.1. The lowest BCUT2D eigenvalue weighted by molar-refractivity contribution is -0.728. The minimum absolute atomic E-state index is 0. The van der Waals surface area contributed by atoms with Crippen molar-refractivity contribution in [1.29, 1.82) is 0 Å². The van der Waals surface area contributed by atoms with E-state index < -0.39 is 98.7 Å². The van der Waals surface area contributed by atoms with Gasteiger partial charge >= 0.3 is 5.97 Å². The van der Waals surface area contributed by atoms with E-state index in [1.165, 1.54) is 20.7 Å². The Morgan fingerprint density at radius 3 is 1.37 bits per heavy atom. The lowest BCUT2D eigenvalue weighted by Gasteiger charge is -2.25. The van der Waals surface area contributed by atoms with E-state index in [0.29, 0.717) is 72.5 Å². The Morgan fingerprint density at radius 1 is 0.548 bits per heavy atom. The molecule has 634 valence electrons. The molecule has 8 atom stereocenters. The van der Waals surface area contributed by atoms with Crippen LogP contribution in [-0.2, 0) is 79.8 Å². The summed E-state index contributed by atoms with van der Waals surface area (Å²) >= 11 is 13.3. The van der Waals surface area contributed by atoms with E-state index in [1.54, 1.807) is 65.1 Å². The number of pyridine rings is 2. The fraction of sp³-hybridized carbons (Fsp3) is 0.560. The molecule has 0 aliphatic heterocycles. The summed E-state index contributed by atoms with van der Waals surface area (Å²) < 4.78 is 91.4. The number of ether oxygens (including phenoxy) is 5. The van der Waals surface area contributed by atoms with Gasteiger partial charge in [-0.05, 0) is 182 Å². The minimum Gasteiger partial charge on any atom is -1.00 e. The van der Waals surface area contributed by atoms with E-state index in [9.17, 15) is 72.1 Å². The molecule has 0 amide bonds. The molecule has 0 unspecified atom stereocenters. The minimum atomic E-state index is -3.92. The van der Waals surface area contributed by atoms with Crippen LogP contribution in [0.25, 0.3) is 22.3 Å². The van der Waals surface area contributed by atoms with Gasteiger partial charge in [-0.3, -0.25) is 19.4 Å². The summed E-state index contributed by atoms with van der Waals surface area (Å²) in [7, 11) is -7.78. The van der Waals surface area contributed by atoms with Crippen LogP contribution in [0.3, 0.4) is 0 Å².